The van der Waals surface area contributed by atoms with Gasteiger partial charge in [0.15, 0.2) is 5.17 Å². The molecule has 3 rings (SSSR count). The minimum atomic E-state index is -0.754. The van der Waals surface area contributed by atoms with E-state index < -0.39 is 17.8 Å². The molecule has 0 saturated heterocycles. The molecule has 1 aromatic rings. The maximum absolute atomic E-state index is 14.8. The highest BCUT2D eigenvalue weighted by atomic mass is 32.2. The van der Waals surface area contributed by atoms with Gasteiger partial charge in [-0.25, -0.2) is 14.2 Å². The van der Waals surface area contributed by atoms with Crippen molar-refractivity contribution in [3.63, 3.8) is 0 Å². The van der Waals surface area contributed by atoms with Gasteiger partial charge in [0, 0.05) is 17.3 Å². The van der Waals surface area contributed by atoms with Crippen molar-refractivity contribution in [2.75, 3.05) is 6.61 Å². The number of nitrogens with one attached hydrogen (secondary N) is 1. The number of allylic oxidation sites excluding steroid dienone is 1. The molecule has 2 atom stereocenters. The van der Waals surface area contributed by atoms with E-state index in [2.05, 4.69) is 10.3 Å². The van der Waals surface area contributed by atoms with Crippen LogP contribution in [0.1, 0.15) is 52.1 Å². The molecule has 8 heteroatoms. The number of rotatable bonds is 7. The molecule has 2 heterocycles. The zero-order valence-electron chi connectivity index (χ0n) is 17.6. The summed E-state index contributed by atoms with van der Waals surface area (Å²) in [6.45, 7) is 7.58. The lowest BCUT2D eigenvalue weighted by atomic mass is 9.93. The molecule has 0 radical (unpaired) electrons. The molecule has 2 aliphatic heterocycles. The zero-order chi connectivity index (χ0) is 21.8. The second-order valence-electron chi connectivity index (χ2n) is 7.19. The van der Waals surface area contributed by atoms with Crippen LogP contribution in [0.15, 0.2) is 51.6 Å². The topological polar surface area (TPSA) is 71.0 Å². The van der Waals surface area contributed by atoms with Crippen molar-refractivity contribution in [2.45, 2.75) is 52.6 Å². The first-order valence-corrected chi connectivity index (χ1v) is 10.9. The quantitative estimate of drug-likeness (QED) is 0.653. The first kappa shape index (κ1) is 22.1. The number of carbonyl (C=O) groups excluding carboxylic acids is 2. The molecular formula is C22H26FN3O3S. The molecule has 1 amide bonds. The summed E-state index contributed by atoms with van der Waals surface area (Å²) in [6, 6.07) is 5.64. The Kier molecular flexibility index (Phi) is 6.97. The number of hydrogen-bond donors (Lipinski definition) is 1. The van der Waals surface area contributed by atoms with Crippen molar-refractivity contribution >= 4 is 28.8 Å². The lowest BCUT2D eigenvalue weighted by Crippen LogP contribution is -2.39. The largest absolute Gasteiger partial charge is 0.463 e. The van der Waals surface area contributed by atoms with E-state index >= 15 is 0 Å². The zero-order valence-corrected chi connectivity index (χ0v) is 18.4. The monoisotopic (exact) mass is 431 g/mol. The molecule has 1 N–H and O–H groups in total. The number of carbonyl (C=O) groups is 2. The SMILES string of the molecule is CCOC(=O)C1=C(C)N=C2SC=C(CC(=O)NC(C)CC)N2C1c1ccccc1F. The van der Waals surface area contributed by atoms with Crippen molar-refractivity contribution in [1.82, 2.24) is 10.2 Å². The second kappa shape index (κ2) is 9.47. The van der Waals surface area contributed by atoms with Crippen LogP contribution >= 0.6 is 11.8 Å². The van der Waals surface area contributed by atoms with Crippen molar-refractivity contribution in [3.8, 4) is 0 Å². The maximum Gasteiger partial charge on any atom is 0.338 e. The smallest absolute Gasteiger partial charge is 0.338 e. The average molecular weight is 432 g/mol. The first-order chi connectivity index (χ1) is 14.4. The van der Waals surface area contributed by atoms with Crippen LogP contribution in [0.4, 0.5) is 4.39 Å². The number of thioether (sulfide) groups is 1. The Balaban J connectivity index is 2.02. The Morgan fingerprint density at radius 2 is 2.07 bits per heavy atom. The molecule has 0 spiro atoms. The molecule has 30 heavy (non-hydrogen) atoms. The summed E-state index contributed by atoms with van der Waals surface area (Å²) in [6.07, 6.45) is 0.930. The number of halogens is 1. The van der Waals surface area contributed by atoms with Crippen molar-refractivity contribution in [1.29, 1.82) is 0 Å². The predicted molar refractivity (Wildman–Crippen MR) is 116 cm³/mol. The number of amides is 1. The third-order valence-electron chi connectivity index (χ3n) is 5.06. The minimum Gasteiger partial charge on any atom is -0.463 e. The Hall–Kier alpha value is -2.61. The van der Waals surface area contributed by atoms with E-state index in [-0.39, 0.29) is 30.5 Å². The van der Waals surface area contributed by atoms with Gasteiger partial charge in [0.25, 0.3) is 0 Å². The van der Waals surface area contributed by atoms with Crippen LogP contribution in [0, 0.1) is 5.82 Å². The van der Waals surface area contributed by atoms with Crippen LogP contribution in [0.5, 0.6) is 0 Å². The Bertz CT molecular complexity index is 941. The second-order valence-corrected chi connectivity index (χ2v) is 8.03. The number of aliphatic imine (C=N–C) groups is 1. The molecule has 1 aromatic carbocycles. The number of ether oxygens (including phenoxy) is 1. The Morgan fingerprint density at radius 3 is 2.73 bits per heavy atom. The fourth-order valence-electron chi connectivity index (χ4n) is 3.42. The lowest BCUT2D eigenvalue weighted by Gasteiger charge is -2.36. The van der Waals surface area contributed by atoms with Crippen molar-refractivity contribution in [2.24, 2.45) is 4.99 Å². The minimum absolute atomic E-state index is 0.0567. The van der Waals surface area contributed by atoms with Crippen LogP contribution in [0.25, 0.3) is 0 Å². The molecule has 0 aliphatic carbocycles. The van der Waals surface area contributed by atoms with Crippen molar-refractivity contribution < 1.29 is 18.7 Å². The Morgan fingerprint density at radius 1 is 1.33 bits per heavy atom. The molecule has 6 nitrogen and oxygen atoms in total. The maximum atomic E-state index is 14.8. The summed E-state index contributed by atoms with van der Waals surface area (Å²) in [7, 11) is 0. The highest BCUT2D eigenvalue weighted by Crippen LogP contribution is 2.45. The number of nitrogens with zero attached hydrogens (tertiary/aromatic N) is 2. The standard InChI is InChI=1S/C22H26FN3O3S/c1-5-13(3)24-18(27)11-15-12-30-22-25-14(4)19(21(28)29-6-2)20(26(15)22)16-9-7-8-10-17(16)23/h7-10,12-13,20H,5-6,11H2,1-4H3,(H,24,27). The van der Waals surface area contributed by atoms with Crippen molar-refractivity contribution in [3.05, 3.63) is 58.0 Å². The summed E-state index contributed by atoms with van der Waals surface area (Å²) in [5.41, 5.74) is 1.77. The van der Waals surface area contributed by atoms with Gasteiger partial charge in [-0.1, -0.05) is 36.9 Å². The van der Waals surface area contributed by atoms with Gasteiger partial charge in [0.2, 0.25) is 5.91 Å². The number of benzene rings is 1. The van der Waals surface area contributed by atoms with Gasteiger partial charge in [-0.05, 0) is 38.7 Å². The van der Waals surface area contributed by atoms with Gasteiger partial charge in [0.05, 0.1) is 30.3 Å². The Labute approximate surface area is 180 Å². The van der Waals surface area contributed by atoms with E-state index in [0.29, 0.717) is 22.1 Å². The van der Waals surface area contributed by atoms with Crippen LogP contribution < -0.4 is 5.32 Å². The number of amidine groups is 1. The summed E-state index contributed by atoms with van der Waals surface area (Å²) < 4.78 is 20.1. The van der Waals surface area contributed by atoms with Gasteiger partial charge in [0.1, 0.15) is 5.82 Å². The summed E-state index contributed by atoms with van der Waals surface area (Å²) >= 11 is 1.36. The van der Waals surface area contributed by atoms with E-state index in [1.54, 1.807) is 36.9 Å². The first-order valence-electron chi connectivity index (χ1n) is 10.0. The van der Waals surface area contributed by atoms with E-state index in [1.165, 1.54) is 17.8 Å². The average Bonchev–Trinajstić information content (AvgIpc) is 3.09. The third kappa shape index (κ3) is 4.43. The molecule has 0 fully saturated rings. The van der Waals surface area contributed by atoms with Crippen LogP contribution in [-0.2, 0) is 14.3 Å². The number of hydrogen-bond acceptors (Lipinski definition) is 6. The molecule has 160 valence electrons. The fourth-order valence-corrected chi connectivity index (χ4v) is 4.39. The molecular weight excluding hydrogens is 405 g/mol. The van der Waals surface area contributed by atoms with E-state index in [0.717, 1.165) is 6.42 Å². The van der Waals surface area contributed by atoms with Crippen LogP contribution in [-0.4, -0.2) is 34.6 Å². The van der Waals surface area contributed by atoms with Gasteiger partial charge >= 0.3 is 5.97 Å². The summed E-state index contributed by atoms with van der Waals surface area (Å²) in [5, 5.41) is 5.40. The number of esters is 1. The fraction of sp³-hybridized carbons (Fsp3) is 0.409. The van der Waals surface area contributed by atoms with Gasteiger partial charge in [-0.3, -0.25) is 4.79 Å². The van der Waals surface area contributed by atoms with Gasteiger partial charge in [-0.2, -0.15) is 0 Å². The molecule has 2 aliphatic rings. The van der Waals surface area contributed by atoms with Gasteiger partial charge < -0.3 is 15.0 Å². The molecule has 0 saturated carbocycles. The highest BCUT2D eigenvalue weighted by molar-refractivity contribution is 8.16. The number of fused-ring (bicyclic) bond motifs is 1. The normalized spacial score (nSPS) is 19.1. The van der Waals surface area contributed by atoms with E-state index in [4.69, 9.17) is 4.74 Å². The van der Waals surface area contributed by atoms with Crippen LogP contribution in [0.3, 0.4) is 0 Å². The highest BCUT2D eigenvalue weighted by Gasteiger charge is 2.42. The molecule has 2 unspecified atom stereocenters. The van der Waals surface area contributed by atoms with Crippen LogP contribution in [0.2, 0.25) is 0 Å². The van der Waals surface area contributed by atoms with E-state index in [1.807, 2.05) is 19.3 Å². The predicted octanol–water partition coefficient (Wildman–Crippen LogP) is 4.27. The summed E-state index contributed by atoms with van der Waals surface area (Å²) in [4.78, 5) is 31.7. The summed E-state index contributed by atoms with van der Waals surface area (Å²) in [5.74, 6) is -1.10. The third-order valence-corrected chi connectivity index (χ3v) is 5.95. The molecule has 0 aromatic heterocycles. The lowest BCUT2D eigenvalue weighted by molar-refractivity contribution is -0.139. The molecule has 0 bridgehead atoms. The van der Waals surface area contributed by atoms with E-state index in [9.17, 15) is 14.0 Å². The van der Waals surface area contributed by atoms with Gasteiger partial charge in [-0.15, -0.1) is 0 Å².